The Hall–Kier alpha value is -2.43. The van der Waals surface area contributed by atoms with Crippen molar-refractivity contribution in [2.75, 3.05) is 45.9 Å². The molecule has 33 heavy (non-hydrogen) atoms. The Labute approximate surface area is 196 Å². The highest BCUT2D eigenvalue weighted by atomic mass is 32.2. The third-order valence-corrected chi connectivity index (χ3v) is 8.99. The second-order valence-electron chi connectivity index (χ2n) is 8.62. The molecule has 1 aromatic rings. The predicted molar refractivity (Wildman–Crippen MR) is 126 cm³/mol. The number of hydrogen-bond acceptors (Lipinski definition) is 6. The standard InChI is InChI=1S/C23H34N4O5S/c1-7-32-22(28)19-12-24-23(29)25-20(19)13-26-8-10-27(11-9-26)33(30,31)21-17(5)15(3)14(2)16(4)18(21)6/h7-13H2,1-6H3,(H2,24,25,29). The van der Waals surface area contributed by atoms with Crippen LogP contribution < -0.4 is 10.6 Å². The molecule has 10 heteroatoms. The first kappa shape index (κ1) is 25.2. The van der Waals surface area contributed by atoms with Gasteiger partial charge in [0.1, 0.15) is 0 Å². The number of nitrogens with zero attached hydrogens (tertiary/aromatic N) is 2. The van der Waals surface area contributed by atoms with Crippen molar-refractivity contribution < 1.29 is 22.7 Å². The van der Waals surface area contributed by atoms with Crippen LogP contribution in [0.15, 0.2) is 16.2 Å². The Bertz CT molecular complexity index is 1070. The van der Waals surface area contributed by atoms with Crippen LogP contribution in [0.4, 0.5) is 4.79 Å². The lowest BCUT2D eigenvalue weighted by Gasteiger charge is -2.36. The van der Waals surface area contributed by atoms with Crippen LogP contribution in [-0.4, -0.2) is 75.5 Å². The molecule has 3 rings (SSSR count). The Kier molecular flexibility index (Phi) is 7.50. The summed E-state index contributed by atoms with van der Waals surface area (Å²) < 4.78 is 33.8. The van der Waals surface area contributed by atoms with Crippen molar-refractivity contribution in [1.29, 1.82) is 0 Å². The second kappa shape index (κ2) is 9.82. The summed E-state index contributed by atoms with van der Waals surface area (Å²) in [6.07, 6.45) is 0. The molecule has 0 bridgehead atoms. The number of nitrogens with one attached hydrogen (secondary N) is 2. The molecule has 0 spiro atoms. The minimum atomic E-state index is -3.64. The largest absolute Gasteiger partial charge is 0.463 e. The lowest BCUT2D eigenvalue weighted by Crippen LogP contribution is -2.52. The van der Waals surface area contributed by atoms with E-state index < -0.39 is 16.0 Å². The van der Waals surface area contributed by atoms with Gasteiger partial charge in [0, 0.05) is 38.4 Å². The van der Waals surface area contributed by atoms with Crippen LogP contribution in [0, 0.1) is 34.6 Å². The highest BCUT2D eigenvalue weighted by Gasteiger charge is 2.33. The Balaban J connectivity index is 1.77. The van der Waals surface area contributed by atoms with Crippen molar-refractivity contribution in [3.05, 3.63) is 39.1 Å². The fourth-order valence-corrected chi connectivity index (χ4v) is 6.40. The van der Waals surface area contributed by atoms with Gasteiger partial charge in [0.25, 0.3) is 0 Å². The molecule has 0 aliphatic carbocycles. The molecule has 1 aromatic carbocycles. The van der Waals surface area contributed by atoms with Gasteiger partial charge in [-0.1, -0.05) is 0 Å². The van der Waals surface area contributed by atoms with Gasteiger partial charge in [-0.05, 0) is 69.4 Å². The number of carbonyl (C=O) groups excluding carboxylic acids is 2. The molecule has 0 atom stereocenters. The van der Waals surface area contributed by atoms with Crippen LogP contribution in [-0.2, 0) is 19.6 Å². The van der Waals surface area contributed by atoms with Crippen molar-refractivity contribution in [2.24, 2.45) is 0 Å². The molecule has 2 aliphatic heterocycles. The number of urea groups is 1. The monoisotopic (exact) mass is 478 g/mol. The predicted octanol–water partition coefficient (Wildman–Crippen LogP) is 1.67. The maximum Gasteiger partial charge on any atom is 0.337 e. The van der Waals surface area contributed by atoms with Crippen molar-refractivity contribution in [3.8, 4) is 0 Å². The van der Waals surface area contributed by atoms with Crippen molar-refractivity contribution in [3.63, 3.8) is 0 Å². The molecule has 9 nitrogen and oxygen atoms in total. The van der Waals surface area contributed by atoms with Gasteiger partial charge in [-0.3, -0.25) is 4.90 Å². The van der Waals surface area contributed by atoms with Gasteiger partial charge in [0.2, 0.25) is 10.0 Å². The SMILES string of the molecule is CCOC(=O)C1=C(CN2CCN(S(=O)(=O)c3c(C)c(C)c(C)c(C)c3C)CC2)NC(=O)NC1. The zero-order valence-corrected chi connectivity index (χ0v) is 21.1. The highest BCUT2D eigenvalue weighted by molar-refractivity contribution is 7.89. The molecule has 0 unspecified atom stereocenters. The van der Waals surface area contributed by atoms with Gasteiger partial charge in [0.15, 0.2) is 0 Å². The second-order valence-corrected chi connectivity index (χ2v) is 10.5. The number of amides is 2. The lowest BCUT2D eigenvalue weighted by atomic mass is 9.95. The quantitative estimate of drug-likeness (QED) is 0.602. The third kappa shape index (κ3) is 4.92. The summed E-state index contributed by atoms with van der Waals surface area (Å²) in [4.78, 5) is 26.5. The smallest absolute Gasteiger partial charge is 0.337 e. The molecular weight excluding hydrogens is 444 g/mol. The Morgan fingerprint density at radius 1 is 0.939 bits per heavy atom. The zero-order valence-electron chi connectivity index (χ0n) is 20.3. The summed E-state index contributed by atoms with van der Waals surface area (Å²) in [7, 11) is -3.64. The molecule has 0 aromatic heterocycles. The van der Waals surface area contributed by atoms with Gasteiger partial charge in [-0.15, -0.1) is 0 Å². The van der Waals surface area contributed by atoms with E-state index in [0.29, 0.717) is 48.9 Å². The van der Waals surface area contributed by atoms with Gasteiger partial charge >= 0.3 is 12.0 Å². The first-order valence-corrected chi connectivity index (χ1v) is 12.7. The van der Waals surface area contributed by atoms with Crippen molar-refractivity contribution in [1.82, 2.24) is 19.8 Å². The van der Waals surface area contributed by atoms with Crippen LogP contribution in [0.3, 0.4) is 0 Å². The Morgan fingerprint density at radius 3 is 2.03 bits per heavy atom. The van der Waals surface area contributed by atoms with E-state index in [0.717, 1.165) is 27.8 Å². The summed E-state index contributed by atoms with van der Waals surface area (Å²) >= 11 is 0. The topological polar surface area (TPSA) is 108 Å². The molecule has 2 amide bonds. The number of rotatable bonds is 6. The molecule has 2 aliphatic rings. The summed E-state index contributed by atoms with van der Waals surface area (Å²) in [5, 5.41) is 5.30. The number of ether oxygens (including phenoxy) is 1. The van der Waals surface area contributed by atoms with E-state index in [4.69, 9.17) is 4.74 Å². The number of benzene rings is 1. The molecule has 0 saturated carbocycles. The molecule has 0 radical (unpaired) electrons. The number of carbonyl (C=O) groups is 2. The fourth-order valence-electron chi connectivity index (χ4n) is 4.41. The molecular formula is C23H34N4O5S. The van der Waals surface area contributed by atoms with Crippen LogP contribution in [0.2, 0.25) is 0 Å². The van der Waals surface area contributed by atoms with E-state index in [9.17, 15) is 18.0 Å². The van der Waals surface area contributed by atoms with Crippen molar-refractivity contribution >= 4 is 22.0 Å². The third-order valence-electron chi connectivity index (χ3n) is 6.82. The van der Waals surface area contributed by atoms with Crippen LogP contribution >= 0.6 is 0 Å². The number of piperazine rings is 1. The number of esters is 1. The van der Waals surface area contributed by atoms with E-state index >= 15 is 0 Å². The first-order chi connectivity index (χ1) is 15.5. The lowest BCUT2D eigenvalue weighted by molar-refractivity contribution is -0.138. The van der Waals surface area contributed by atoms with Crippen molar-refractivity contribution in [2.45, 2.75) is 46.4 Å². The number of hydrogen-bond donors (Lipinski definition) is 2. The van der Waals surface area contributed by atoms with Crippen LogP contribution in [0.5, 0.6) is 0 Å². The normalized spacial score (nSPS) is 18.2. The molecule has 1 fully saturated rings. The van der Waals surface area contributed by atoms with Gasteiger partial charge < -0.3 is 15.4 Å². The van der Waals surface area contributed by atoms with Gasteiger partial charge in [0.05, 0.1) is 23.6 Å². The van der Waals surface area contributed by atoms with Gasteiger partial charge in [-0.25, -0.2) is 18.0 Å². The van der Waals surface area contributed by atoms with Crippen LogP contribution in [0.1, 0.15) is 34.7 Å². The minimum Gasteiger partial charge on any atom is -0.463 e. The maximum absolute atomic E-state index is 13.6. The van der Waals surface area contributed by atoms with E-state index in [1.807, 2.05) is 39.5 Å². The Morgan fingerprint density at radius 2 is 1.48 bits per heavy atom. The van der Waals surface area contributed by atoms with E-state index in [-0.39, 0.29) is 19.2 Å². The molecule has 1 saturated heterocycles. The summed E-state index contributed by atoms with van der Waals surface area (Å²) in [6, 6.07) is -0.365. The first-order valence-electron chi connectivity index (χ1n) is 11.2. The van der Waals surface area contributed by atoms with Gasteiger partial charge in [-0.2, -0.15) is 4.31 Å². The fraction of sp³-hybridized carbons (Fsp3) is 0.565. The summed E-state index contributed by atoms with van der Waals surface area (Å²) in [5.41, 5.74) is 5.65. The van der Waals surface area contributed by atoms with E-state index in [1.165, 1.54) is 4.31 Å². The average Bonchev–Trinajstić information content (AvgIpc) is 2.77. The van der Waals surface area contributed by atoms with Crippen LogP contribution in [0.25, 0.3) is 0 Å². The molecule has 2 heterocycles. The maximum atomic E-state index is 13.6. The highest BCUT2D eigenvalue weighted by Crippen LogP contribution is 2.32. The summed E-state index contributed by atoms with van der Waals surface area (Å²) in [6.45, 7) is 13.8. The average molecular weight is 479 g/mol. The minimum absolute atomic E-state index is 0.110. The zero-order chi connectivity index (χ0) is 24.5. The number of sulfonamides is 1. The molecule has 182 valence electrons. The molecule has 2 N–H and O–H groups in total. The van der Waals surface area contributed by atoms with E-state index in [2.05, 4.69) is 10.6 Å². The van der Waals surface area contributed by atoms with E-state index in [1.54, 1.807) is 6.92 Å². The summed E-state index contributed by atoms with van der Waals surface area (Å²) in [5.74, 6) is -0.461.